The van der Waals surface area contributed by atoms with Crippen molar-refractivity contribution in [2.24, 2.45) is 5.73 Å². The lowest BCUT2D eigenvalue weighted by Gasteiger charge is -2.19. The van der Waals surface area contributed by atoms with Crippen LogP contribution < -0.4 is 5.73 Å². The Balaban J connectivity index is 4.34. The highest BCUT2D eigenvalue weighted by atomic mass is 31.2. The van der Waals surface area contributed by atoms with Gasteiger partial charge in [-0.25, -0.2) is 9.36 Å². The van der Waals surface area contributed by atoms with Crippen LogP contribution in [0.1, 0.15) is 168 Å². The zero-order valence-electron chi connectivity index (χ0n) is 34.6. The number of phosphoric ester groups is 1. The molecule has 316 valence electrons. The Hall–Kier alpha value is -2.55. The Morgan fingerprint density at radius 3 is 1.64 bits per heavy atom. The number of ether oxygens (including phenoxy) is 2. The second-order valence-electron chi connectivity index (χ2n) is 13.9. The molecule has 0 saturated heterocycles. The molecule has 0 spiro atoms. The minimum absolute atomic E-state index is 0.0342. The number of hydrogen-bond acceptors (Lipinski definition) is 8. The van der Waals surface area contributed by atoms with E-state index in [2.05, 4.69) is 62.5 Å². The van der Waals surface area contributed by atoms with Crippen LogP contribution in [0, 0.1) is 0 Å². The third-order valence-corrected chi connectivity index (χ3v) is 9.65. The topological polar surface area (TPSA) is 134 Å². The first-order valence-electron chi connectivity index (χ1n) is 21.5. The molecule has 0 fully saturated rings. The Labute approximate surface area is 335 Å². The maximum Gasteiger partial charge on any atom is 0.472 e. The summed E-state index contributed by atoms with van der Waals surface area (Å²) in [5.41, 5.74) is 5.33. The van der Waals surface area contributed by atoms with Gasteiger partial charge < -0.3 is 20.1 Å². The number of carbonyl (C=O) groups excluding carboxylic acids is 2. The standard InChI is InChI=1S/C45H78NO8P/c1-3-5-7-9-11-13-15-17-19-20-21-22-24-26-28-30-32-34-36-38-45(48)54-43(42-53-55(49,50)52-40-39-46)41-51-44(47)37-35-33-31-29-27-25-23-18-16-14-12-10-8-6-4-2/h11,13,17,19,21-22,26,28,31,33,35,37,43H,3-10,12,14-16,18,20,23-25,27,29-30,32,34,36,38-42,46H2,1-2H3,(H,49,50)/b13-11+,19-17+,22-21+,28-26+,33-31+,37-35+/t43-/m1/s1. The van der Waals surface area contributed by atoms with Crippen molar-refractivity contribution in [2.75, 3.05) is 26.4 Å². The highest BCUT2D eigenvalue weighted by Gasteiger charge is 2.25. The lowest BCUT2D eigenvalue weighted by atomic mass is 10.1. The average molecular weight is 792 g/mol. The summed E-state index contributed by atoms with van der Waals surface area (Å²) in [6.07, 6.45) is 49.9. The molecule has 0 aliphatic carbocycles. The number of carbonyl (C=O) groups is 2. The first kappa shape index (κ1) is 52.5. The van der Waals surface area contributed by atoms with E-state index >= 15 is 0 Å². The molecule has 55 heavy (non-hydrogen) atoms. The Morgan fingerprint density at radius 2 is 1.07 bits per heavy atom. The molecule has 0 amide bonds. The van der Waals surface area contributed by atoms with Crippen LogP contribution in [-0.4, -0.2) is 49.3 Å². The smallest absolute Gasteiger partial charge is 0.458 e. The van der Waals surface area contributed by atoms with Crippen molar-refractivity contribution in [3.8, 4) is 0 Å². The van der Waals surface area contributed by atoms with Crippen molar-refractivity contribution in [1.82, 2.24) is 0 Å². The van der Waals surface area contributed by atoms with Gasteiger partial charge in [0.15, 0.2) is 6.10 Å². The van der Waals surface area contributed by atoms with Crippen LogP contribution in [0.25, 0.3) is 0 Å². The van der Waals surface area contributed by atoms with Crippen LogP contribution in [0.2, 0.25) is 0 Å². The molecule has 0 aromatic heterocycles. The molecule has 10 heteroatoms. The normalized spacial score (nSPS) is 14.0. The van der Waals surface area contributed by atoms with E-state index < -0.39 is 32.5 Å². The van der Waals surface area contributed by atoms with E-state index in [1.807, 2.05) is 12.2 Å². The number of nitrogens with two attached hydrogens (primary N) is 1. The molecular weight excluding hydrogens is 713 g/mol. The Kier molecular flexibility index (Phi) is 39.2. The van der Waals surface area contributed by atoms with Gasteiger partial charge in [0, 0.05) is 19.0 Å². The van der Waals surface area contributed by atoms with Gasteiger partial charge in [-0.3, -0.25) is 13.8 Å². The van der Waals surface area contributed by atoms with E-state index in [1.165, 1.54) is 96.0 Å². The van der Waals surface area contributed by atoms with E-state index in [0.29, 0.717) is 6.42 Å². The molecule has 0 aromatic rings. The summed E-state index contributed by atoms with van der Waals surface area (Å²) in [5.74, 6) is -1.12. The summed E-state index contributed by atoms with van der Waals surface area (Å²) in [6.45, 7) is 3.52. The molecule has 3 N–H and O–H groups in total. The molecule has 0 heterocycles. The predicted octanol–water partition coefficient (Wildman–Crippen LogP) is 12.3. The molecule has 0 bridgehead atoms. The third-order valence-electron chi connectivity index (χ3n) is 8.67. The molecule has 9 nitrogen and oxygen atoms in total. The van der Waals surface area contributed by atoms with Gasteiger partial charge in [-0.15, -0.1) is 0 Å². The molecule has 0 aliphatic rings. The minimum Gasteiger partial charge on any atom is -0.458 e. The summed E-state index contributed by atoms with van der Waals surface area (Å²) >= 11 is 0. The van der Waals surface area contributed by atoms with E-state index in [4.69, 9.17) is 24.3 Å². The van der Waals surface area contributed by atoms with E-state index in [9.17, 15) is 19.0 Å². The van der Waals surface area contributed by atoms with Gasteiger partial charge >= 0.3 is 19.8 Å². The third kappa shape index (κ3) is 40.9. The zero-order chi connectivity index (χ0) is 40.3. The molecular formula is C45H78NO8P. The first-order valence-corrected chi connectivity index (χ1v) is 23.0. The number of esters is 2. The number of allylic oxidation sites excluding steroid dienone is 11. The second kappa shape index (κ2) is 41.1. The molecule has 0 saturated carbocycles. The van der Waals surface area contributed by atoms with Crippen LogP contribution in [0.3, 0.4) is 0 Å². The molecule has 0 aliphatic heterocycles. The summed E-state index contributed by atoms with van der Waals surface area (Å²) in [7, 11) is -4.41. The summed E-state index contributed by atoms with van der Waals surface area (Å²) in [6, 6.07) is 0. The van der Waals surface area contributed by atoms with Crippen molar-refractivity contribution in [2.45, 2.75) is 174 Å². The number of hydrogen-bond donors (Lipinski definition) is 2. The number of unbranched alkanes of at least 4 members (excludes halogenated alkanes) is 17. The Bertz CT molecular complexity index is 1130. The average Bonchev–Trinajstić information content (AvgIpc) is 3.17. The van der Waals surface area contributed by atoms with Gasteiger partial charge in [0.2, 0.25) is 0 Å². The van der Waals surface area contributed by atoms with Crippen LogP contribution in [0.15, 0.2) is 72.9 Å². The zero-order valence-corrected chi connectivity index (χ0v) is 35.5. The van der Waals surface area contributed by atoms with Gasteiger partial charge in [-0.2, -0.15) is 0 Å². The lowest BCUT2D eigenvalue weighted by Crippen LogP contribution is -2.29. The van der Waals surface area contributed by atoms with Crippen molar-refractivity contribution in [3.63, 3.8) is 0 Å². The largest absolute Gasteiger partial charge is 0.472 e. The molecule has 0 radical (unpaired) electrons. The molecule has 0 rings (SSSR count). The minimum atomic E-state index is -4.41. The van der Waals surface area contributed by atoms with Crippen molar-refractivity contribution in [3.05, 3.63) is 72.9 Å². The highest BCUT2D eigenvalue weighted by molar-refractivity contribution is 7.47. The first-order chi connectivity index (χ1) is 26.8. The molecule has 1 unspecified atom stereocenters. The summed E-state index contributed by atoms with van der Waals surface area (Å²) in [4.78, 5) is 34.7. The van der Waals surface area contributed by atoms with Crippen molar-refractivity contribution in [1.29, 1.82) is 0 Å². The van der Waals surface area contributed by atoms with Gasteiger partial charge in [0.1, 0.15) is 6.61 Å². The highest BCUT2D eigenvalue weighted by Crippen LogP contribution is 2.43. The van der Waals surface area contributed by atoms with E-state index in [0.717, 1.165) is 51.4 Å². The van der Waals surface area contributed by atoms with Crippen molar-refractivity contribution < 1.29 is 37.6 Å². The second-order valence-corrected chi connectivity index (χ2v) is 15.4. The fraction of sp³-hybridized carbons (Fsp3) is 0.689. The fourth-order valence-corrected chi connectivity index (χ4v) is 6.24. The van der Waals surface area contributed by atoms with Crippen LogP contribution in [-0.2, 0) is 32.7 Å². The lowest BCUT2D eigenvalue weighted by molar-refractivity contribution is -0.159. The molecule has 2 atom stereocenters. The Morgan fingerprint density at radius 1 is 0.600 bits per heavy atom. The van der Waals surface area contributed by atoms with Crippen LogP contribution in [0.5, 0.6) is 0 Å². The predicted molar refractivity (Wildman–Crippen MR) is 229 cm³/mol. The van der Waals surface area contributed by atoms with Gasteiger partial charge in [-0.05, 0) is 64.2 Å². The SMILES string of the molecule is CCCCC/C=C/C/C=C/C/C=C/C/C=C/CCCCCC(=O)O[C@H](COC(=O)/C=C/C=C/CCCCCCCCCCCCC)COP(=O)(O)OCCN. The van der Waals surface area contributed by atoms with Gasteiger partial charge in [0.05, 0.1) is 13.2 Å². The summed E-state index contributed by atoms with van der Waals surface area (Å²) < 4.78 is 32.5. The number of rotatable bonds is 39. The maximum atomic E-state index is 12.6. The quantitative estimate of drug-likeness (QED) is 0.0156. The van der Waals surface area contributed by atoms with Gasteiger partial charge in [-0.1, -0.05) is 164 Å². The van der Waals surface area contributed by atoms with Gasteiger partial charge in [0.25, 0.3) is 0 Å². The summed E-state index contributed by atoms with van der Waals surface area (Å²) in [5, 5.41) is 0. The van der Waals surface area contributed by atoms with Crippen LogP contribution in [0.4, 0.5) is 0 Å². The van der Waals surface area contributed by atoms with E-state index in [-0.39, 0.29) is 26.2 Å². The fourth-order valence-electron chi connectivity index (χ4n) is 5.47. The maximum absolute atomic E-state index is 12.6. The monoisotopic (exact) mass is 792 g/mol. The van der Waals surface area contributed by atoms with Crippen LogP contribution >= 0.6 is 7.82 Å². The van der Waals surface area contributed by atoms with E-state index in [1.54, 1.807) is 6.08 Å². The molecule has 0 aromatic carbocycles. The van der Waals surface area contributed by atoms with Crippen molar-refractivity contribution >= 4 is 19.8 Å². The number of phosphoric acid groups is 1.